The fourth-order valence-electron chi connectivity index (χ4n) is 9.37. The zero-order valence-corrected chi connectivity index (χ0v) is 31.8. The van der Waals surface area contributed by atoms with Crippen molar-refractivity contribution >= 4 is 64.3 Å². The highest BCUT2D eigenvalue weighted by atomic mass is 16.2. The summed E-state index contributed by atoms with van der Waals surface area (Å²) < 4.78 is 0. The van der Waals surface area contributed by atoms with Gasteiger partial charge >= 0.3 is 6.03 Å². The second-order valence-corrected chi connectivity index (χ2v) is 16.1. The first kappa shape index (κ1) is 36.4. The topological polar surface area (TPSA) is 198 Å². The first-order valence-electron chi connectivity index (χ1n) is 19.6. The monoisotopic (exact) mass is 775 g/mol. The van der Waals surface area contributed by atoms with Crippen LogP contribution in [0.5, 0.6) is 0 Å². The maximum Gasteiger partial charge on any atom is 0.320 e. The number of aromatic nitrogens is 2. The lowest BCUT2D eigenvalue weighted by molar-refractivity contribution is -0.136. The lowest BCUT2D eigenvalue weighted by Crippen LogP contribution is -2.61. The first-order chi connectivity index (χ1) is 27.5. The Kier molecular flexibility index (Phi) is 8.96. The number of hydrogen-bond acceptors (Lipinski definition) is 12. The molecule has 5 saturated heterocycles. The summed E-state index contributed by atoms with van der Waals surface area (Å²) in [4.78, 5) is 96.8. The quantitative estimate of drug-likeness (QED) is 0.283. The lowest BCUT2D eigenvalue weighted by Gasteiger charge is -2.55. The molecule has 17 nitrogen and oxygen atoms in total. The average Bonchev–Trinajstić information content (AvgIpc) is 3.67. The van der Waals surface area contributed by atoms with Crippen molar-refractivity contribution in [1.29, 1.82) is 0 Å². The van der Waals surface area contributed by atoms with Crippen molar-refractivity contribution < 1.29 is 28.8 Å². The highest BCUT2D eigenvalue weighted by Gasteiger charge is 2.50. The number of rotatable bonds is 8. The van der Waals surface area contributed by atoms with E-state index in [1.807, 2.05) is 42.3 Å². The Morgan fingerprint density at radius 2 is 1.67 bits per heavy atom. The largest absolute Gasteiger partial charge is 0.371 e. The van der Waals surface area contributed by atoms with Crippen molar-refractivity contribution in [1.82, 2.24) is 30.0 Å². The number of likely N-dealkylation sites (N-methyl/N-ethyl adjacent to an activating group) is 1. The van der Waals surface area contributed by atoms with Gasteiger partial charge < -0.3 is 35.6 Å². The Hall–Kier alpha value is -6.26. The molecule has 5 fully saturated rings. The number of nitrogens with zero attached hydrogens (tertiary/aromatic N) is 8. The first-order valence-corrected chi connectivity index (χ1v) is 19.6. The summed E-state index contributed by atoms with van der Waals surface area (Å²) in [5.74, 6) is -1.79. The van der Waals surface area contributed by atoms with Gasteiger partial charge in [-0.3, -0.25) is 34.2 Å². The van der Waals surface area contributed by atoms with E-state index in [0.717, 1.165) is 81.2 Å². The van der Waals surface area contributed by atoms with Crippen LogP contribution in [0.2, 0.25) is 0 Å². The predicted molar refractivity (Wildman–Crippen MR) is 209 cm³/mol. The number of nitrogens with one attached hydrogen (secondary N) is 2. The molecule has 17 heteroatoms. The molecule has 0 saturated carbocycles. The number of amides is 7. The van der Waals surface area contributed by atoms with Gasteiger partial charge in [-0.25, -0.2) is 14.8 Å². The van der Waals surface area contributed by atoms with Crippen molar-refractivity contribution in [2.75, 3.05) is 79.4 Å². The molecule has 57 heavy (non-hydrogen) atoms. The van der Waals surface area contributed by atoms with Gasteiger partial charge in [-0.05, 0) is 68.5 Å². The van der Waals surface area contributed by atoms with E-state index in [1.165, 1.54) is 0 Å². The molecular weight excluding hydrogens is 731 g/mol. The zero-order valence-electron chi connectivity index (χ0n) is 31.8. The van der Waals surface area contributed by atoms with Crippen LogP contribution in [-0.2, 0) is 9.59 Å². The summed E-state index contributed by atoms with van der Waals surface area (Å²) >= 11 is 0. The fraction of sp³-hybridized carbons (Fsp3) is 0.450. The summed E-state index contributed by atoms with van der Waals surface area (Å²) in [7, 11) is 1.82. The van der Waals surface area contributed by atoms with Crippen LogP contribution in [0.4, 0.5) is 33.5 Å². The number of urea groups is 1. The van der Waals surface area contributed by atoms with E-state index in [-0.39, 0.29) is 41.8 Å². The van der Waals surface area contributed by atoms with E-state index in [0.29, 0.717) is 35.7 Å². The van der Waals surface area contributed by atoms with Gasteiger partial charge in [0.15, 0.2) is 11.5 Å². The number of benzene rings is 2. The maximum absolute atomic E-state index is 13.7. The summed E-state index contributed by atoms with van der Waals surface area (Å²) in [6.45, 7) is 6.04. The predicted octanol–water partition coefficient (Wildman–Crippen LogP) is 2.16. The molecule has 1 unspecified atom stereocenters. The summed E-state index contributed by atoms with van der Waals surface area (Å²) in [6, 6.07) is 12.4. The number of nitrogens with two attached hydrogens (primary N) is 1. The molecule has 7 heterocycles. The van der Waals surface area contributed by atoms with Crippen LogP contribution >= 0.6 is 0 Å². The van der Waals surface area contributed by atoms with Crippen molar-refractivity contribution in [2.45, 2.75) is 50.6 Å². The highest BCUT2D eigenvalue weighted by molar-refractivity contribution is 6.25. The number of anilines is 5. The number of carbonyl (C=O) groups is 6. The van der Waals surface area contributed by atoms with Gasteiger partial charge in [0, 0.05) is 82.6 Å². The summed E-state index contributed by atoms with van der Waals surface area (Å²) in [5.41, 5.74) is 8.97. The van der Waals surface area contributed by atoms with Gasteiger partial charge in [0.1, 0.15) is 11.9 Å². The SMILES string of the molecule is CN1CCN([C@H]2CCCN(c3cnc(C(N)=O)c(Nc4ccc(N5CCC6(CC5)CN(c5cccc7c5C(=O)N(C5CCC(=O)NC5=O)C7=O)C6)cc4)n3)C2)C1=O. The van der Waals surface area contributed by atoms with Crippen LogP contribution in [0.15, 0.2) is 48.7 Å². The van der Waals surface area contributed by atoms with Gasteiger partial charge in [-0.2, -0.15) is 0 Å². The zero-order chi connectivity index (χ0) is 39.6. The minimum atomic E-state index is -0.998. The Labute approximate surface area is 329 Å². The third-order valence-corrected chi connectivity index (χ3v) is 12.6. The van der Waals surface area contributed by atoms with Gasteiger partial charge in [-0.1, -0.05) is 6.07 Å². The molecule has 2 aromatic carbocycles. The third-order valence-electron chi connectivity index (χ3n) is 12.6. The Morgan fingerprint density at radius 3 is 2.37 bits per heavy atom. The maximum atomic E-state index is 13.7. The number of hydrogen-bond donors (Lipinski definition) is 3. The van der Waals surface area contributed by atoms with E-state index in [9.17, 15) is 28.8 Å². The Bertz CT molecular complexity index is 2180. The third kappa shape index (κ3) is 6.43. The van der Waals surface area contributed by atoms with E-state index in [4.69, 9.17) is 10.7 Å². The van der Waals surface area contributed by atoms with Gasteiger partial charge in [-0.15, -0.1) is 0 Å². The van der Waals surface area contributed by atoms with Crippen LogP contribution < -0.4 is 31.1 Å². The van der Waals surface area contributed by atoms with Crippen molar-refractivity contribution in [3.05, 3.63) is 65.5 Å². The molecule has 7 amide bonds. The van der Waals surface area contributed by atoms with E-state index in [2.05, 4.69) is 30.3 Å². The van der Waals surface area contributed by atoms with E-state index in [1.54, 1.807) is 23.2 Å². The second kappa shape index (κ2) is 14.0. The number of imide groups is 2. The minimum Gasteiger partial charge on any atom is -0.371 e. The Morgan fingerprint density at radius 1 is 0.895 bits per heavy atom. The molecule has 296 valence electrons. The van der Waals surface area contributed by atoms with Crippen LogP contribution in [0.1, 0.15) is 69.7 Å². The molecule has 1 aromatic heterocycles. The molecular formula is C40H45N11O6. The lowest BCUT2D eigenvalue weighted by atomic mass is 9.71. The normalized spacial score (nSPS) is 23.3. The van der Waals surface area contributed by atoms with Crippen LogP contribution in [0.25, 0.3) is 0 Å². The van der Waals surface area contributed by atoms with Crippen molar-refractivity contribution in [3.63, 3.8) is 0 Å². The molecule has 6 aliphatic heterocycles. The molecule has 1 spiro atoms. The molecule has 2 atom stereocenters. The summed E-state index contributed by atoms with van der Waals surface area (Å²) in [6.07, 6.45) is 5.51. The minimum absolute atomic E-state index is 0.0478. The molecule has 4 N–H and O–H groups in total. The molecule has 0 radical (unpaired) electrons. The van der Waals surface area contributed by atoms with Crippen LogP contribution in [-0.4, -0.2) is 132 Å². The molecule has 3 aromatic rings. The van der Waals surface area contributed by atoms with Crippen LogP contribution in [0.3, 0.4) is 0 Å². The summed E-state index contributed by atoms with van der Waals surface area (Å²) in [5, 5.41) is 5.52. The van der Waals surface area contributed by atoms with Crippen LogP contribution in [0, 0.1) is 5.41 Å². The van der Waals surface area contributed by atoms with Gasteiger partial charge in [0.25, 0.3) is 17.7 Å². The van der Waals surface area contributed by atoms with E-state index < -0.39 is 35.6 Å². The molecule has 0 bridgehead atoms. The molecule has 9 rings (SSSR count). The number of fused-ring (bicyclic) bond motifs is 1. The second-order valence-electron chi connectivity index (χ2n) is 16.1. The van der Waals surface area contributed by atoms with Gasteiger partial charge in [0.05, 0.1) is 29.1 Å². The van der Waals surface area contributed by atoms with Crippen molar-refractivity contribution in [3.8, 4) is 0 Å². The van der Waals surface area contributed by atoms with Gasteiger partial charge in [0.2, 0.25) is 11.8 Å². The van der Waals surface area contributed by atoms with Crippen molar-refractivity contribution in [2.24, 2.45) is 11.1 Å². The standard InChI is InChI=1S/C40H45N11O6/c1-46-18-19-50(39(46)57)26-4-3-15-48(21-26)30-20-42-33(34(41)53)35(44-30)43-24-7-9-25(10-8-24)47-16-13-40(14-17-47)22-49(23-40)28-6-2-5-27-32(28)38(56)51(37(27)55)29-11-12-31(52)45-36(29)54/h2,5-10,20,26,29H,3-4,11-19,21-23H2,1H3,(H2,41,53)(H,43,44)(H,45,52,54)/t26-,29?/m0/s1. The molecule has 6 aliphatic rings. The highest BCUT2D eigenvalue weighted by Crippen LogP contribution is 2.46. The Balaban J connectivity index is 0.823. The number of carbonyl (C=O) groups excluding carboxylic acids is 6. The smallest absolute Gasteiger partial charge is 0.320 e. The average molecular weight is 776 g/mol. The number of primary amides is 1. The van der Waals surface area contributed by atoms with E-state index >= 15 is 0 Å². The molecule has 0 aliphatic carbocycles. The fourth-order valence-corrected chi connectivity index (χ4v) is 9.37. The number of piperidine rings is 3.